The van der Waals surface area contributed by atoms with Crippen molar-refractivity contribution in [1.82, 2.24) is 0 Å². The van der Waals surface area contributed by atoms with Gasteiger partial charge < -0.3 is 10.2 Å². The molecule has 102 valence electrons. The van der Waals surface area contributed by atoms with E-state index in [-0.39, 0.29) is 6.61 Å². The summed E-state index contributed by atoms with van der Waals surface area (Å²) in [4.78, 5) is 10.3. The Balaban J connectivity index is 3.86. The number of hydrogen-bond acceptors (Lipinski definition) is 2. The highest BCUT2D eigenvalue weighted by atomic mass is 16.4. The van der Waals surface area contributed by atoms with Crippen LogP contribution in [-0.2, 0) is 4.79 Å². The summed E-state index contributed by atoms with van der Waals surface area (Å²) in [5, 5.41) is 17.5. The molecule has 0 aliphatic carbocycles. The first-order chi connectivity index (χ1) is 8.70. The monoisotopic (exact) mass is 252 g/mol. The van der Waals surface area contributed by atoms with E-state index in [2.05, 4.69) is 6.92 Å². The molecular weight excluding hydrogens is 228 g/mol. The Labute approximate surface area is 110 Å². The number of unbranched alkanes of at least 4 members (excludes halogenated alkanes) is 5. The quantitative estimate of drug-likeness (QED) is 0.355. The van der Waals surface area contributed by atoms with E-state index in [1.54, 1.807) is 6.08 Å². The van der Waals surface area contributed by atoms with Gasteiger partial charge in [0.2, 0.25) is 0 Å². The first-order valence-electron chi connectivity index (χ1n) is 6.58. The number of aliphatic hydroxyl groups is 1. The zero-order valence-electron chi connectivity index (χ0n) is 11.1. The Morgan fingerprint density at radius 2 is 1.83 bits per heavy atom. The van der Waals surface area contributed by atoms with Crippen LogP contribution in [-0.4, -0.2) is 22.8 Å². The van der Waals surface area contributed by atoms with E-state index in [1.165, 1.54) is 38.2 Å². The van der Waals surface area contributed by atoms with Crippen molar-refractivity contribution in [3.8, 4) is 0 Å². The zero-order valence-corrected chi connectivity index (χ0v) is 11.1. The lowest BCUT2D eigenvalue weighted by molar-refractivity contribution is -0.131. The van der Waals surface area contributed by atoms with Gasteiger partial charge in [0.05, 0.1) is 6.61 Å². The van der Waals surface area contributed by atoms with Gasteiger partial charge >= 0.3 is 5.97 Å². The first kappa shape index (κ1) is 16.6. The van der Waals surface area contributed by atoms with Crippen molar-refractivity contribution in [2.24, 2.45) is 0 Å². The van der Waals surface area contributed by atoms with Crippen LogP contribution in [0.15, 0.2) is 36.0 Å². The molecule has 3 heteroatoms. The van der Waals surface area contributed by atoms with E-state index in [0.717, 1.165) is 18.1 Å². The SMILES string of the molecule is CCCCCCCC=CC(=CC=CC(=O)O)CO. The van der Waals surface area contributed by atoms with Gasteiger partial charge in [0.25, 0.3) is 0 Å². The van der Waals surface area contributed by atoms with E-state index in [4.69, 9.17) is 10.2 Å². The zero-order chi connectivity index (χ0) is 13.6. The predicted octanol–water partition coefficient (Wildman–Crippen LogP) is 3.46. The van der Waals surface area contributed by atoms with Crippen LogP contribution >= 0.6 is 0 Å². The molecule has 0 saturated carbocycles. The molecule has 0 aromatic rings. The Hall–Kier alpha value is -1.35. The lowest BCUT2D eigenvalue weighted by Gasteiger charge is -1.97. The second-order valence-electron chi connectivity index (χ2n) is 4.20. The minimum atomic E-state index is -0.983. The Kier molecular flexibility index (Phi) is 11.2. The molecule has 0 aliphatic rings. The van der Waals surface area contributed by atoms with Crippen LogP contribution in [0.25, 0.3) is 0 Å². The molecule has 0 saturated heterocycles. The molecule has 2 N–H and O–H groups in total. The molecular formula is C15H24O3. The third-order valence-corrected chi connectivity index (χ3v) is 2.54. The van der Waals surface area contributed by atoms with Crippen LogP contribution in [0.4, 0.5) is 0 Å². The number of carbonyl (C=O) groups is 1. The predicted molar refractivity (Wildman–Crippen MR) is 74.5 cm³/mol. The van der Waals surface area contributed by atoms with Gasteiger partial charge in [-0.1, -0.05) is 56.9 Å². The molecule has 0 rings (SSSR count). The normalized spacial score (nSPS) is 12.7. The Morgan fingerprint density at radius 3 is 2.44 bits per heavy atom. The lowest BCUT2D eigenvalue weighted by atomic mass is 10.1. The van der Waals surface area contributed by atoms with Gasteiger partial charge in [-0.3, -0.25) is 0 Å². The molecule has 0 fully saturated rings. The van der Waals surface area contributed by atoms with Gasteiger partial charge in [0, 0.05) is 6.08 Å². The molecule has 0 amide bonds. The first-order valence-corrected chi connectivity index (χ1v) is 6.58. The van der Waals surface area contributed by atoms with Crippen LogP contribution in [0.3, 0.4) is 0 Å². The number of aliphatic carboxylic acids is 1. The second-order valence-corrected chi connectivity index (χ2v) is 4.20. The van der Waals surface area contributed by atoms with Crippen LogP contribution in [0, 0.1) is 0 Å². The third-order valence-electron chi connectivity index (χ3n) is 2.54. The second kappa shape index (κ2) is 12.1. The Morgan fingerprint density at radius 1 is 1.11 bits per heavy atom. The maximum Gasteiger partial charge on any atom is 0.328 e. The summed E-state index contributed by atoms with van der Waals surface area (Å²) in [7, 11) is 0. The molecule has 0 unspecified atom stereocenters. The smallest absolute Gasteiger partial charge is 0.328 e. The summed E-state index contributed by atoms with van der Waals surface area (Å²) in [6.45, 7) is 2.12. The topological polar surface area (TPSA) is 57.5 Å². The Bertz CT molecular complexity index is 301. The van der Waals surface area contributed by atoms with Gasteiger partial charge in [0.15, 0.2) is 0 Å². The van der Waals surface area contributed by atoms with E-state index in [0.29, 0.717) is 0 Å². The van der Waals surface area contributed by atoms with Crippen molar-refractivity contribution >= 4 is 5.97 Å². The lowest BCUT2D eigenvalue weighted by Crippen LogP contribution is -1.87. The standard InChI is InChI=1S/C15H24O3/c1-2-3-4-5-6-7-8-10-14(13-16)11-9-12-15(17)18/h8-12,16H,2-7,13H2,1H3,(H,17,18). The van der Waals surface area contributed by atoms with Crippen molar-refractivity contribution < 1.29 is 15.0 Å². The summed E-state index contributed by atoms with van der Waals surface area (Å²) >= 11 is 0. The highest BCUT2D eigenvalue weighted by Gasteiger charge is 1.89. The summed E-state index contributed by atoms with van der Waals surface area (Å²) < 4.78 is 0. The molecule has 0 aromatic heterocycles. The van der Waals surface area contributed by atoms with Crippen molar-refractivity contribution in [2.45, 2.75) is 45.4 Å². The van der Waals surface area contributed by atoms with Gasteiger partial charge in [-0.05, 0) is 18.4 Å². The van der Waals surface area contributed by atoms with Gasteiger partial charge in [-0.25, -0.2) is 4.79 Å². The minimum Gasteiger partial charge on any atom is -0.478 e. The van der Waals surface area contributed by atoms with Gasteiger partial charge in [0.1, 0.15) is 0 Å². The molecule has 0 spiro atoms. The highest BCUT2D eigenvalue weighted by molar-refractivity contribution is 5.80. The molecule has 0 bridgehead atoms. The van der Waals surface area contributed by atoms with Crippen molar-refractivity contribution in [2.75, 3.05) is 6.61 Å². The summed E-state index contributed by atoms with van der Waals surface area (Å²) in [6, 6.07) is 0. The fraction of sp³-hybridized carbons (Fsp3) is 0.533. The number of allylic oxidation sites excluding steroid dienone is 3. The number of carboxylic acid groups (broad SMARTS) is 1. The summed E-state index contributed by atoms with van der Waals surface area (Å²) in [5.74, 6) is -0.983. The van der Waals surface area contributed by atoms with E-state index < -0.39 is 5.97 Å². The van der Waals surface area contributed by atoms with Gasteiger partial charge in [-0.2, -0.15) is 0 Å². The van der Waals surface area contributed by atoms with E-state index >= 15 is 0 Å². The third kappa shape index (κ3) is 11.1. The molecule has 0 atom stereocenters. The number of carboxylic acids is 1. The summed E-state index contributed by atoms with van der Waals surface area (Å²) in [5.41, 5.74) is 0.723. The van der Waals surface area contributed by atoms with E-state index in [1.807, 2.05) is 12.2 Å². The molecule has 0 aromatic carbocycles. The average molecular weight is 252 g/mol. The maximum atomic E-state index is 10.3. The molecule has 3 nitrogen and oxygen atoms in total. The largest absolute Gasteiger partial charge is 0.478 e. The van der Waals surface area contributed by atoms with Crippen molar-refractivity contribution in [3.05, 3.63) is 36.0 Å². The maximum absolute atomic E-state index is 10.3. The minimum absolute atomic E-state index is 0.0731. The molecule has 0 heterocycles. The number of aliphatic hydroxyl groups excluding tert-OH is 1. The fourth-order valence-corrected chi connectivity index (χ4v) is 1.52. The fourth-order valence-electron chi connectivity index (χ4n) is 1.52. The average Bonchev–Trinajstić information content (AvgIpc) is 2.35. The molecule has 0 radical (unpaired) electrons. The van der Waals surface area contributed by atoms with Crippen LogP contribution in [0.1, 0.15) is 45.4 Å². The number of hydrogen-bond donors (Lipinski definition) is 2. The van der Waals surface area contributed by atoms with Crippen molar-refractivity contribution in [3.63, 3.8) is 0 Å². The van der Waals surface area contributed by atoms with E-state index in [9.17, 15) is 4.79 Å². The molecule has 18 heavy (non-hydrogen) atoms. The van der Waals surface area contributed by atoms with Gasteiger partial charge in [-0.15, -0.1) is 0 Å². The van der Waals surface area contributed by atoms with Crippen LogP contribution in [0.5, 0.6) is 0 Å². The summed E-state index contributed by atoms with van der Waals surface area (Å²) in [6.07, 6.45) is 15.2. The number of rotatable bonds is 10. The molecule has 0 aliphatic heterocycles. The van der Waals surface area contributed by atoms with Crippen LogP contribution in [0.2, 0.25) is 0 Å². The van der Waals surface area contributed by atoms with Crippen molar-refractivity contribution in [1.29, 1.82) is 0 Å². The van der Waals surface area contributed by atoms with Crippen LogP contribution < -0.4 is 0 Å². The highest BCUT2D eigenvalue weighted by Crippen LogP contribution is 2.06.